The van der Waals surface area contributed by atoms with Crippen molar-refractivity contribution in [1.29, 1.82) is 0 Å². The third kappa shape index (κ3) is 7.11. The summed E-state index contributed by atoms with van der Waals surface area (Å²) in [6.07, 6.45) is -1.39. The Morgan fingerprint density at radius 2 is 1.74 bits per heavy atom. The van der Waals surface area contributed by atoms with Crippen LogP contribution in [0.1, 0.15) is 30.5 Å². The Balaban J connectivity index is 1.91. The van der Waals surface area contributed by atoms with E-state index < -0.39 is 18.2 Å². The summed E-state index contributed by atoms with van der Waals surface area (Å²) in [5, 5.41) is 11.9. The second-order valence-electron chi connectivity index (χ2n) is 6.60. The molecule has 0 spiro atoms. The molecule has 6 nitrogen and oxygen atoms in total. The number of nitrogens with one attached hydrogen (secondary N) is 1. The van der Waals surface area contributed by atoms with Gasteiger partial charge >= 0.3 is 12.1 Å². The van der Waals surface area contributed by atoms with Crippen molar-refractivity contribution in [2.75, 3.05) is 5.32 Å². The summed E-state index contributed by atoms with van der Waals surface area (Å²) in [5.41, 5.74) is 3.35. The highest BCUT2D eigenvalue weighted by Gasteiger charge is 2.20. The highest BCUT2D eigenvalue weighted by atomic mass is 16.5. The quantitative estimate of drug-likeness (QED) is 0.728. The molecular formula is C21H25NO5. The molecule has 0 saturated carbocycles. The van der Waals surface area contributed by atoms with E-state index in [1.807, 2.05) is 37.3 Å². The van der Waals surface area contributed by atoms with Crippen LogP contribution >= 0.6 is 0 Å². The molecule has 0 fully saturated rings. The van der Waals surface area contributed by atoms with Crippen LogP contribution in [-0.2, 0) is 27.3 Å². The summed E-state index contributed by atoms with van der Waals surface area (Å²) < 4.78 is 10.7. The Morgan fingerprint density at radius 1 is 1.07 bits per heavy atom. The summed E-state index contributed by atoms with van der Waals surface area (Å²) in [7, 11) is 0. The van der Waals surface area contributed by atoms with Crippen LogP contribution in [0.25, 0.3) is 0 Å². The molecule has 0 aliphatic rings. The van der Waals surface area contributed by atoms with E-state index in [1.54, 1.807) is 32.0 Å². The van der Waals surface area contributed by atoms with Gasteiger partial charge in [0.25, 0.3) is 0 Å². The van der Waals surface area contributed by atoms with Gasteiger partial charge in [-0.25, -0.2) is 9.59 Å². The van der Waals surface area contributed by atoms with E-state index in [-0.39, 0.29) is 19.1 Å². The number of carboxylic acid groups (broad SMARTS) is 1. The van der Waals surface area contributed by atoms with E-state index in [0.717, 1.165) is 16.7 Å². The molecule has 0 heterocycles. The average Bonchev–Trinajstić information content (AvgIpc) is 2.61. The lowest BCUT2D eigenvalue weighted by Gasteiger charge is -2.17. The summed E-state index contributed by atoms with van der Waals surface area (Å²) in [6, 6.07) is 14.7. The van der Waals surface area contributed by atoms with Crippen LogP contribution in [0.15, 0.2) is 48.5 Å². The second-order valence-corrected chi connectivity index (χ2v) is 6.60. The standard InChI is InChI=1S/C21H25NO5/c1-14(2)27-19(20(23)24)12-16-5-4-6-17(11-16)13-26-21(25)22-18-9-7-15(3)8-10-18/h4-11,14,19H,12-13H2,1-3H3,(H,22,25)(H,23,24). The minimum Gasteiger partial charge on any atom is -0.479 e. The van der Waals surface area contributed by atoms with E-state index in [9.17, 15) is 14.7 Å². The van der Waals surface area contributed by atoms with Crippen molar-refractivity contribution in [2.45, 2.75) is 46.0 Å². The Kier molecular flexibility index (Phi) is 7.37. The minimum absolute atomic E-state index is 0.0916. The molecule has 2 aromatic carbocycles. The van der Waals surface area contributed by atoms with E-state index in [1.165, 1.54) is 0 Å². The van der Waals surface area contributed by atoms with Crippen molar-refractivity contribution in [3.8, 4) is 0 Å². The first-order valence-electron chi connectivity index (χ1n) is 8.80. The summed E-state index contributed by atoms with van der Waals surface area (Å²) in [6.45, 7) is 5.66. The maximum atomic E-state index is 11.9. The van der Waals surface area contributed by atoms with Gasteiger partial charge in [-0.1, -0.05) is 42.0 Å². The number of hydrogen-bond acceptors (Lipinski definition) is 4. The zero-order chi connectivity index (χ0) is 19.8. The number of aliphatic carboxylic acids is 1. The molecule has 2 N–H and O–H groups in total. The van der Waals surface area contributed by atoms with E-state index >= 15 is 0 Å². The first kappa shape index (κ1) is 20.5. The molecule has 1 amide bonds. The largest absolute Gasteiger partial charge is 0.479 e. The lowest BCUT2D eigenvalue weighted by Crippen LogP contribution is -2.29. The zero-order valence-electron chi connectivity index (χ0n) is 15.8. The van der Waals surface area contributed by atoms with Crippen LogP contribution in [0.4, 0.5) is 10.5 Å². The maximum absolute atomic E-state index is 11.9. The van der Waals surface area contributed by atoms with E-state index in [4.69, 9.17) is 9.47 Å². The molecule has 144 valence electrons. The van der Waals surface area contributed by atoms with Gasteiger partial charge in [0, 0.05) is 12.1 Å². The topological polar surface area (TPSA) is 84.9 Å². The number of amides is 1. The molecule has 0 aliphatic heterocycles. The van der Waals surface area contributed by atoms with Crippen LogP contribution in [0.3, 0.4) is 0 Å². The summed E-state index contributed by atoms with van der Waals surface area (Å²) >= 11 is 0. The van der Waals surface area contributed by atoms with Gasteiger partial charge in [0.1, 0.15) is 6.61 Å². The molecular weight excluding hydrogens is 346 g/mol. The first-order chi connectivity index (χ1) is 12.8. The molecule has 2 aromatic rings. The van der Waals surface area contributed by atoms with Crippen LogP contribution in [-0.4, -0.2) is 29.4 Å². The number of carboxylic acids is 1. The normalized spacial score (nSPS) is 11.9. The molecule has 2 rings (SSSR count). The monoisotopic (exact) mass is 371 g/mol. The van der Waals surface area contributed by atoms with Crippen molar-refractivity contribution < 1.29 is 24.2 Å². The van der Waals surface area contributed by atoms with Crippen LogP contribution in [0.2, 0.25) is 0 Å². The maximum Gasteiger partial charge on any atom is 0.411 e. The van der Waals surface area contributed by atoms with Gasteiger partial charge in [-0.05, 0) is 44.0 Å². The molecule has 0 aliphatic carbocycles. The molecule has 0 radical (unpaired) electrons. The number of benzene rings is 2. The van der Waals surface area contributed by atoms with E-state index in [2.05, 4.69) is 5.32 Å². The van der Waals surface area contributed by atoms with Crippen molar-refractivity contribution in [3.63, 3.8) is 0 Å². The lowest BCUT2D eigenvalue weighted by molar-refractivity contribution is -0.153. The number of aryl methyl sites for hydroxylation is 1. The van der Waals surface area contributed by atoms with Gasteiger partial charge in [-0.15, -0.1) is 0 Å². The molecule has 6 heteroatoms. The smallest absolute Gasteiger partial charge is 0.411 e. The fraction of sp³-hybridized carbons (Fsp3) is 0.333. The van der Waals surface area contributed by atoms with E-state index in [0.29, 0.717) is 5.69 Å². The fourth-order valence-electron chi connectivity index (χ4n) is 2.52. The van der Waals surface area contributed by atoms with Crippen LogP contribution in [0, 0.1) is 6.92 Å². The lowest BCUT2D eigenvalue weighted by atomic mass is 10.0. The first-order valence-corrected chi connectivity index (χ1v) is 8.80. The fourth-order valence-corrected chi connectivity index (χ4v) is 2.52. The van der Waals surface area contributed by atoms with Gasteiger partial charge in [0.2, 0.25) is 0 Å². The zero-order valence-corrected chi connectivity index (χ0v) is 15.8. The SMILES string of the molecule is Cc1ccc(NC(=O)OCc2cccc(CC(OC(C)C)C(=O)O)c2)cc1. The Labute approximate surface area is 159 Å². The number of rotatable bonds is 8. The molecule has 0 bridgehead atoms. The molecule has 0 aromatic heterocycles. The Morgan fingerprint density at radius 3 is 2.37 bits per heavy atom. The predicted molar refractivity (Wildman–Crippen MR) is 103 cm³/mol. The van der Waals surface area contributed by atoms with Crippen LogP contribution in [0.5, 0.6) is 0 Å². The molecule has 1 unspecified atom stereocenters. The van der Waals surface area contributed by atoms with Crippen LogP contribution < -0.4 is 5.32 Å². The molecule has 0 saturated heterocycles. The number of ether oxygens (including phenoxy) is 2. The van der Waals surface area contributed by atoms with Crippen molar-refractivity contribution in [2.24, 2.45) is 0 Å². The highest BCUT2D eigenvalue weighted by Crippen LogP contribution is 2.13. The third-order valence-electron chi connectivity index (χ3n) is 3.79. The van der Waals surface area contributed by atoms with Gasteiger partial charge in [0.05, 0.1) is 6.10 Å². The number of carbonyl (C=O) groups is 2. The van der Waals surface area contributed by atoms with Crippen molar-refractivity contribution >= 4 is 17.7 Å². The molecule has 27 heavy (non-hydrogen) atoms. The minimum atomic E-state index is -0.997. The van der Waals surface area contributed by atoms with Crippen molar-refractivity contribution in [1.82, 2.24) is 0 Å². The van der Waals surface area contributed by atoms with Crippen molar-refractivity contribution in [3.05, 3.63) is 65.2 Å². The third-order valence-corrected chi connectivity index (χ3v) is 3.79. The highest BCUT2D eigenvalue weighted by molar-refractivity contribution is 5.84. The van der Waals surface area contributed by atoms with Gasteiger partial charge < -0.3 is 14.6 Å². The summed E-state index contributed by atoms with van der Waals surface area (Å²) in [4.78, 5) is 23.2. The summed E-state index contributed by atoms with van der Waals surface area (Å²) in [5.74, 6) is -0.997. The molecule has 1 atom stereocenters. The Bertz CT molecular complexity index is 770. The van der Waals surface area contributed by atoms with Gasteiger partial charge in [-0.2, -0.15) is 0 Å². The average molecular weight is 371 g/mol. The number of carbonyl (C=O) groups excluding carboxylic acids is 1. The second kappa shape index (κ2) is 9.73. The number of anilines is 1. The predicted octanol–water partition coefficient (Wildman–Crippen LogP) is 4.16. The van der Waals surface area contributed by atoms with Gasteiger partial charge in [0.15, 0.2) is 6.10 Å². The van der Waals surface area contributed by atoms with Gasteiger partial charge in [-0.3, -0.25) is 5.32 Å². The number of hydrogen-bond donors (Lipinski definition) is 2. The Hall–Kier alpha value is -2.86.